The normalized spacial score (nSPS) is 15.9. The van der Waals surface area contributed by atoms with E-state index in [1.54, 1.807) is 0 Å². The first-order chi connectivity index (χ1) is 13.9. The summed E-state index contributed by atoms with van der Waals surface area (Å²) in [5, 5.41) is 0. The lowest BCUT2D eigenvalue weighted by atomic mass is 9.97. The lowest BCUT2D eigenvalue weighted by molar-refractivity contribution is 0.213. The van der Waals surface area contributed by atoms with Crippen molar-refractivity contribution in [2.45, 2.75) is 6.10 Å². The van der Waals surface area contributed by atoms with E-state index in [1.807, 2.05) is 30.3 Å². The first-order valence-electron chi connectivity index (χ1n) is 9.03. The highest BCUT2D eigenvalue weighted by molar-refractivity contribution is 6.50. The quantitative estimate of drug-likeness (QED) is 0.336. The van der Waals surface area contributed by atoms with Crippen LogP contribution in [0.25, 0.3) is 11.3 Å². The molecule has 0 N–H and O–H groups in total. The van der Waals surface area contributed by atoms with Gasteiger partial charge in [-0.3, -0.25) is 0 Å². The summed E-state index contributed by atoms with van der Waals surface area (Å²) < 4.78 is 45.3. The lowest BCUT2D eigenvalue weighted by Crippen LogP contribution is -2.06. The smallest absolute Gasteiger partial charge is 0.481 e. The van der Waals surface area contributed by atoms with Crippen LogP contribution in [0, 0.1) is 0 Å². The molecule has 0 amide bonds. The Morgan fingerprint density at radius 2 is 1.07 bits per heavy atom. The molecule has 148 valence electrons. The summed E-state index contributed by atoms with van der Waals surface area (Å²) in [7, 11) is -6.00. The highest BCUT2D eigenvalue weighted by atomic mass is 19.5. The lowest BCUT2D eigenvalue weighted by Gasteiger charge is -2.24. The van der Waals surface area contributed by atoms with Crippen LogP contribution in [0.2, 0.25) is 0 Å². The second-order valence-electron chi connectivity index (χ2n) is 6.31. The SMILES string of the molecule is C1=C(c2ccccc2)C=C(c2ccccc2)OC1c1ccccc1.F[B-](F)(F)F. The van der Waals surface area contributed by atoms with Crippen LogP contribution in [0.1, 0.15) is 22.8 Å². The van der Waals surface area contributed by atoms with Gasteiger partial charge in [-0.25, -0.2) is 0 Å². The largest absolute Gasteiger partial charge is 0.673 e. The van der Waals surface area contributed by atoms with Gasteiger partial charge in [0.2, 0.25) is 0 Å². The molecule has 0 saturated carbocycles. The summed E-state index contributed by atoms with van der Waals surface area (Å²) in [5.74, 6) is 0.908. The van der Waals surface area contributed by atoms with Gasteiger partial charge in [0.1, 0.15) is 11.9 Å². The summed E-state index contributed by atoms with van der Waals surface area (Å²) in [5.41, 5.74) is 4.65. The Hall–Kier alpha value is -3.28. The van der Waals surface area contributed by atoms with Crippen molar-refractivity contribution in [2.24, 2.45) is 0 Å². The molecule has 1 aliphatic heterocycles. The molecule has 1 unspecified atom stereocenters. The van der Waals surface area contributed by atoms with E-state index in [-0.39, 0.29) is 6.10 Å². The molecule has 0 radical (unpaired) electrons. The molecule has 1 nitrogen and oxygen atoms in total. The van der Waals surface area contributed by atoms with Crippen molar-refractivity contribution in [3.63, 3.8) is 0 Å². The number of hydrogen-bond acceptors (Lipinski definition) is 1. The van der Waals surface area contributed by atoms with Crippen molar-refractivity contribution in [1.29, 1.82) is 0 Å². The molecule has 1 aliphatic rings. The molecule has 0 spiro atoms. The van der Waals surface area contributed by atoms with E-state index < -0.39 is 7.25 Å². The molecule has 4 rings (SSSR count). The Bertz CT molecular complexity index is 962. The molecule has 3 aromatic rings. The van der Waals surface area contributed by atoms with Crippen molar-refractivity contribution in [3.8, 4) is 0 Å². The van der Waals surface area contributed by atoms with Crippen molar-refractivity contribution < 1.29 is 22.0 Å². The van der Waals surface area contributed by atoms with Crippen molar-refractivity contribution in [2.75, 3.05) is 0 Å². The van der Waals surface area contributed by atoms with E-state index in [1.165, 1.54) is 11.1 Å². The van der Waals surface area contributed by atoms with E-state index in [0.717, 1.165) is 16.9 Å². The molecule has 0 fully saturated rings. The summed E-state index contributed by atoms with van der Waals surface area (Å²) in [4.78, 5) is 0. The fraction of sp³-hybridized carbons (Fsp3) is 0.0435. The number of halogens is 4. The molecule has 1 atom stereocenters. The van der Waals surface area contributed by atoms with Gasteiger partial charge in [-0.2, -0.15) is 0 Å². The maximum absolute atomic E-state index is 9.75. The van der Waals surface area contributed by atoms with Gasteiger partial charge in [-0.15, -0.1) is 0 Å². The molecule has 3 aromatic carbocycles. The minimum Gasteiger partial charge on any atom is -0.481 e. The summed E-state index contributed by atoms with van der Waals surface area (Å²) in [6, 6.07) is 31.1. The van der Waals surface area contributed by atoms with Crippen molar-refractivity contribution in [1.82, 2.24) is 0 Å². The number of ether oxygens (including phenoxy) is 1. The zero-order valence-electron chi connectivity index (χ0n) is 15.4. The highest BCUT2D eigenvalue weighted by Crippen LogP contribution is 2.36. The Morgan fingerprint density at radius 1 is 0.621 bits per heavy atom. The van der Waals surface area contributed by atoms with Crippen LogP contribution in [0.4, 0.5) is 17.3 Å². The minimum atomic E-state index is -6.00. The van der Waals surface area contributed by atoms with E-state index in [2.05, 4.69) is 72.8 Å². The molecule has 0 saturated heterocycles. The number of allylic oxidation sites excluding steroid dienone is 2. The van der Waals surface area contributed by atoms with Gasteiger partial charge in [0.15, 0.2) is 0 Å². The van der Waals surface area contributed by atoms with Gasteiger partial charge in [-0.1, -0.05) is 91.0 Å². The first kappa shape index (κ1) is 20.5. The third-order valence-electron chi connectivity index (χ3n) is 4.16. The standard InChI is InChI=1S/C23H18O.BF4/c1-4-10-18(11-5-1)21-16-22(19-12-6-2-7-13-19)24-23(17-21)20-14-8-3-9-15-20;2-1(3,4)5/h1-17,22H;/q;-1. The number of hydrogen-bond donors (Lipinski definition) is 0. The van der Waals surface area contributed by atoms with Gasteiger partial charge in [0.05, 0.1) is 0 Å². The number of benzene rings is 3. The molecule has 0 aromatic heterocycles. The fourth-order valence-corrected chi connectivity index (χ4v) is 2.93. The van der Waals surface area contributed by atoms with Crippen LogP contribution >= 0.6 is 0 Å². The highest BCUT2D eigenvalue weighted by Gasteiger charge is 2.21. The van der Waals surface area contributed by atoms with E-state index in [0.29, 0.717) is 0 Å². The minimum absolute atomic E-state index is 0.0818. The predicted octanol–water partition coefficient (Wildman–Crippen LogP) is 7.18. The van der Waals surface area contributed by atoms with Gasteiger partial charge in [-0.05, 0) is 28.9 Å². The average molecular weight is 397 g/mol. The maximum Gasteiger partial charge on any atom is 0.673 e. The van der Waals surface area contributed by atoms with Gasteiger partial charge in [0.25, 0.3) is 0 Å². The Balaban J connectivity index is 0.000000431. The van der Waals surface area contributed by atoms with Crippen LogP contribution in [0.3, 0.4) is 0 Å². The molecule has 0 bridgehead atoms. The summed E-state index contributed by atoms with van der Waals surface area (Å²) >= 11 is 0. The molecular formula is C23H18BF4O-. The van der Waals surface area contributed by atoms with E-state index >= 15 is 0 Å². The van der Waals surface area contributed by atoms with Gasteiger partial charge >= 0.3 is 7.25 Å². The Kier molecular flexibility index (Phi) is 6.55. The summed E-state index contributed by atoms with van der Waals surface area (Å²) in [6.45, 7) is 0. The second-order valence-corrected chi connectivity index (χ2v) is 6.31. The van der Waals surface area contributed by atoms with Crippen LogP contribution in [0.5, 0.6) is 0 Å². The van der Waals surface area contributed by atoms with Crippen LogP contribution < -0.4 is 0 Å². The zero-order chi connectivity index (χ0) is 20.7. The maximum atomic E-state index is 9.75. The van der Waals surface area contributed by atoms with Crippen LogP contribution in [-0.2, 0) is 4.74 Å². The predicted molar refractivity (Wildman–Crippen MR) is 109 cm³/mol. The fourth-order valence-electron chi connectivity index (χ4n) is 2.93. The average Bonchev–Trinajstić information content (AvgIpc) is 2.74. The monoisotopic (exact) mass is 397 g/mol. The van der Waals surface area contributed by atoms with E-state index in [4.69, 9.17) is 4.74 Å². The molecule has 1 heterocycles. The summed E-state index contributed by atoms with van der Waals surface area (Å²) in [6.07, 6.45) is 4.24. The van der Waals surface area contributed by atoms with Gasteiger partial charge < -0.3 is 22.0 Å². The molecular weight excluding hydrogens is 379 g/mol. The third kappa shape index (κ3) is 6.38. The molecule has 6 heteroatoms. The number of rotatable bonds is 3. The first-order valence-corrected chi connectivity index (χ1v) is 9.03. The zero-order valence-corrected chi connectivity index (χ0v) is 15.4. The Morgan fingerprint density at radius 3 is 1.59 bits per heavy atom. The van der Waals surface area contributed by atoms with Crippen molar-refractivity contribution in [3.05, 3.63) is 120 Å². The van der Waals surface area contributed by atoms with E-state index in [9.17, 15) is 17.3 Å². The van der Waals surface area contributed by atoms with Crippen molar-refractivity contribution >= 4 is 18.6 Å². The van der Waals surface area contributed by atoms with Crippen LogP contribution in [-0.4, -0.2) is 7.25 Å². The topological polar surface area (TPSA) is 9.23 Å². The van der Waals surface area contributed by atoms with Gasteiger partial charge in [0, 0.05) is 5.56 Å². The van der Waals surface area contributed by atoms with Crippen LogP contribution in [0.15, 0.2) is 103 Å². The molecule has 0 aliphatic carbocycles. The third-order valence-corrected chi connectivity index (χ3v) is 4.16. The Labute approximate surface area is 167 Å². The second kappa shape index (κ2) is 9.28. The molecule has 29 heavy (non-hydrogen) atoms.